The predicted molar refractivity (Wildman–Crippen MR) is 54.9 cm³/mol. The summed E-state index contributed by atoms with van der Waals surface area (Å²) in [7, 11) is 0. The molecule has 0 bridgehead atoms. The first-order valence-corrected chi connectivity index (χ1v) is 5.11. The summed E-state index contributed by atoms with van der Waals surface area (Å²) in [6.45, 7) is 2.18. The van der Waals surface area contributed by atoms with Crippen LogP contribution in [0.5, 0.6) is 0 Å². The molecule has 80 valence electrons. The zero-order chi connectivity index (χ0) is 10.5. The van der Waals surface area contributed by atoms with Gasteiger partial charge in [0, 0.05) is 12.7 Å². The topological polar surface area (TPSA) is 66.9 Å². The third kappa shape index (κ3) is 2.73. The van der Waals surface area contributed by atoms with Gasteiger partial charge in [-0.2, -0.15) is 10.2 Å². The van der Waals surface area contributed by atoms with Crippen molar-refractivity contribution in [3.63, 3.8) is 0 Å². The Morgan fingerprint density at radius 3 is 3.27 bits per heavy atom. The Morgan fingerprint density at radius 1 is 1.67 bits per heavy atom. The summed E-state index contributed by atoms with van der Waals surface area (Å²) in [5.74, 6) is 0.215. The first-order chi connectivity index (χ1) is 7.36. The van der Waals surface area contributed by atoms with Crippen LogP contribution < -0.4 is 10.6 Å². The van der Waals surface area contributed by atoms with Crippen molar-refractivity contribution in [3.05, 3.63) is 24.0 Å². The fraction of sp³-hybridized carbons (Fsp3) is 0.500. The van der Waals surface area contributed by atoms with E-state index in [0.717, 1.165) is 25.2 Å². The molecule has 0 aromatic carbocycles. The number of amides is 1. The molecule has 1 aromatic heterocycles. The zero-order valence-electron chi connectivity index (χ0n) is 8.44. The van der Waals surface area contributed by atoms with Crippen LogP contribution >= 0.6 is 0 Å². The number of carbonyl (C=O) groups is 1. The molecule has 1 saturated heterocycles. The average molecular weight is 206 g/mol. The molecule has 1 amide bonds. The molecule has 1 aromatic rings. The molecule has 0 radical (unpaired) electrons. The minimum absolute atomic E-state index is 0.102. The van der Waals surface area contributed by atoms with Gasteiger partial charge in [0.2, 0.25) is 5.91 Å². The van der Waals surface area contributed by atoms with Crippen LogP contribution in [-0.2, 0) is 11.3 Å². The van der Waals surface area contributed by atoms with E-state index in [-0.39, 0.29) is 11.8 Å². The second kappa shape index (κ2) is 4.84. The standard InChI is InChI=1S/C10H14N4O/c15-10(8-3-5-11-6-8)12-7-9-2-1-4-13-14-9/h1-2,4,8,11H,3,5-7H2,(H,12,15). The molecule has 1 unspecified atom stereocenters. The summed E-state index contributed by atoms with van der Waals surface area (Å²) >= 11 is 0. The SMILES string of the molecule is O=C(NCc1cccnn1)C1CCNC1. The minimum atomic E-state index is 0.102. The van der Waals surface area contributed by atoms with E-state index in [1.807, 2.05) is 12.1 Å². The van der Waals surface area contributed by atoms with Gasteiger partial charge in [0.05, 0.1) is 18.2 Å². The van der Waals surface area contributed by atoms with E-state index < -0.39 is 0 Å². The highest BCUT2D eigenvalue weighted by Gasteiger charge is 2.21. The van der Waals surface area contributed by atoms with E-state index in [4.69, 9.17) is 0 Å². The van der Waals surface area contributed by atoms with Gasteiger partial charge in [-0.3, -0.25) is 4.79 Å². The van der Waals surface area contributed by atoms with Gasteiger partial charge < -0.3 is 10.6 Å². The molecule has 1 atom stereocenters. The third-order valence-electron chi connectivity index (χ3n) is 2.50. The number of nitrogens with zero attached hydrogens (tertiary/aromatic N) is 2. The van der Waals surface area contributed by atoms with Crippen molar-refractivity contribution in [2.45, 2.75) is 13.0 Å². The Labute approximate surface area is 88.3 Å². The maximum atomic E-state index is 11.6. The molecule has 1 fully saturated rings. The normalized spacial score (nSPS) is 20.1. The monoisotopic (exact) mass is 206 g/mol. The molecule has 2 heterocycles. The quantitative estimate of drug-likeness (QED) is 0.712. The second-order valence-corrected chi connectivity index (χ2v) is 3.62. The number of nitrogens with one attached hydrogen (secondary N) is 2. The van der Waals surface area contributed by atoms with Crippen molar-refractivity contribution in [1.29, 1.82) is 0 Å². The van der Waals surface area contributed by atoms with Crippen molar-refractivity contribution < 1.29 is 4.79 Å². The Bertz CT molecular complexity index is 321. The van der Waals surface area contributed by atoms with Gasteiger partial charge >= 0.3 is 0 Å². The molecule has 0 saturated carbocycles. The highest BCUT2D eigenvalue weighted by molar-refractivity contribution is 5.79. The van der Waals surface area contributed by atoms with Crippen LogP contribution in [-0.4, -0.2) is 29.2 Å². The maximum absolute atomic E-state index is 11.6. The summed E-state index contributed by atoms with van der Waals surface area (Å²) in [6.07, 6.45) is 2.54. The summed E-state index contributed by atoms with van der Waals surface area (Å²) in [6, 6.07) is 3.66. The number of carbonyl (C=O) groups excluding carboxylic acids is 1. The molecule has 5 nitrogen and oxygen atoms in total. The first-order valence-electron chi connectivity index (χ1n) is 5.11. The molecule has 5 heteroatoms. The molecule has 2 N–H and O–H groups in total. The van der Waals surface area contributed by atoms with Crippen LogP contribution in [0.1, 0.15) is 12.1 Å². The Kier molecular flexibility index (Phi) is 3.24. The lowest BCUT2D eigenvalue weighted by atomic mass is 10.1. The van der Waals surface area contributed by atoms with Crippen LogP contribution in [0, 0.1) is 5.92 Å². The predicted octanol–water partition coefficient (Wildman–Crippen LogP) is -0.298. The second-order valence-electron chi connectivity index (χ2n) is 3.62. The minimum Gasteiger partial charge on any atom is -0.350 e. The maximum Gasteiger partial charge on any atom is 0.224 e. The fourth-order valence-corrected chi connectivity index (χ4v) is 1.63. The summed E-state index contributed by atoms with van der Waals surface area (Å²) in [5.41, 5.74) is 0.789. The van der Waals surface area contributed by atoms with Gasteiger partial charge in [-0.25, -0.2) is 0 Å². The zero-order valence-corrected chi connectivity index (χ0v) is 8.44. The van der Waals surface area contributed by atoms with E-state index in [1.165, 1.54) is 0 Å². The Morgan fingerprint density at radius 2 is 2.60 bits per heavy atom. The molecule has 1 aliphatic heterocycles. The van der Waals surface area contributed by atoms with Gasteiger partial charge in [0.15, 0.2) is 0 Å². The van der Waals surface area contributed by atoms with Gasteiger partial charge in [-0.15, -0.1) is 0 Å². The lowest BCUT2D eigenvalue weighted by Crippen LogP contribution is -2.31. The third-order valence-corrected chi connectivity index (χ3v) is 2.50. The molecule has 2 rings (SSSR count). The largest absolute Gasteiger partial charge is 0.350 e. The van der Waals surface area contributed by atoms with Crippen LogP contribution in [0.3, 0.4) is 0 Å². The molecule has 0 spiro atoms. The smallest absolute Gasteiger partial charge is 0.224 e. The lowest BCUT2D eigenvalue weighted by Gasteiger charge is -2.08. The fourth-order valence-electron chi connectivity index (χ4n) is 1.63. The first kappa shape index (κ1) is 10.0. The van der Waals surface area contributed by atoms with Gasteiger partial charge in [-0.1, -0.05) is 0 Å². The van der Waals surface area contributed by atoms with E-state index in [1.54, 1.807) is 6.20 Å². The summed E-state index contributed by atoms with van der Waals surface area (Å²) in [4.78, 5) is 11.6. The van der Waals surface area contributed by atoms with E-state index >= 15 is 0 Å². The van der Waals surface area contributed by atoms with Crippen LogP contribution in [0.2, 0.25) is 0 Å². The van der Waals surface area contributed by atoms with Crippen molar-refractivity contribution in [3.8, 4) is 0 Å². The van der Waals surface area contributed by atoms with Crippen molar-refractivity contribution in [2.24, 2.45) is 5.92 Å². The van der Waals surface area contributed by atoms with E-state index in [0.29, 0.717) is 6.54 Å². The molecular formula is C10H14N4O. The van der Waals surface area contributed by atoms with Gasteiger partial charge in [0.25, 0.3) is 0 Å². The van der Waals surface area contributed by atoms with Crippen molar-refractivity contribution in [2.75, 3.05) is 13.1 Å². The molecule has 15 heavy (non-hydrogen) atoms. The molecular weight excluding hydrogens is 192 g/mol. The molecule has 1 aliphatic rings. The van der Waals surface area contributed by atoms with Crippen molar-refractivity contribution >= 4 is 5.91 Å². The highest BCUT2D eigenvalue weighted by atomic mass is 16.1. The summed E-state index contributed by atoms with van der Waals surface area (Å²) in [5, 5.41) is 13.7. The highest BCUT2D eigenvalue weighted by Crippen LogP contribution is 2.07. The summed E-state index contributed by atoms with van der Waals surface area (Å²) < 4.78 is 0. The number of rotatable bonds is 3. The van der Waals surface area contributed by atoms with E-state index in [2.05, 4.69) is 20.8 Å². The Hall–Kier alpha value is -1.49. The average Bonchev–Trinajstić information content (AvgIpc) is 2.81. The van der Waals surface area contributed by atoms with Gasteiger partial charge in [-0.05, 0) is 25.1 Å². The number of hydrogen-bond acceptors (Lipinski definition) is 4. The van der Waals surface area contributed by atoms with Crippen LogP contribution in [0.25, 0.3) is 0 Å². The van der Waals surface area contributed by atoms with Crippen LogP contribution in [0.4, 0.5) is 0 Å². The lowest BCUT2D eigenvalue weighted by molar-refractivity contribution is -0.124. The number of aromatic nitrogens is 2. The Balaban J connectivity index is 1.80. The van der Waals surface area contributed by atoms with Crippen LogP contribution in [0.15, 0.2) is 18.3 Å². The molecule has 0 aliphatic carbocycles. The van der Waals surface area contributed by atoms with Crippen molar-refractivity contribution in [1.82, 2.24) is 20.8 Å². The van der Waals surface area contributed by atoms with Gasteiger partial charge in [0.1, 0.15) is 0 Å². The van der Waals surface area contributed by atoms with E-state index in [9.17, 15) is 4.79 Å². The number of hydrogen-bond donors (Lipinski definition) is 2.